The van der Waals surface area contributed by atoms with Gasteiger partial charge in [0, 0.05) is 38.5 Å². The Labute approximate surface area is 144 Å². The maximum atomic E-state index is 6.22. The van der Waals surface area contributed by atoms with Crippen LogP contribution in [0.4, 0.5) is 5.69 Å². The maximum Gasteiger partial charge on any atom is 0.0896 e. The summed E-state index contributed by atoms with van der Waals surface area (Å²) >= 11 is 5.42. The van der Waals surface area contributed by atoms with E-state index < -0.39 is 0 Å². The molecule has 3 heterocycles. The molecule has 2 nitrogen and oxygen atoms in total. The SMILES string of the molecule is CCc1ccc2c(c1)[C@H]1OCCC[C@H]1C(c1cc(Br)cs1)N2. The van der Waals surface area contributed by atoms with Crippen LogP contribution >= 0.6 is 27.3 Å². The van der Waals surface area contributed by atoms with Crippen LogP contribution < -0.4 is 5.32 Å². The highest BCUT2D eigenvalue weighted by Crippen LogP contribution is 2.50. The highest BCUT2D eigenvalue weighted by atomic mass is 79.9. The summed E-state index contributed by atoms with van der Waals surface area (Å²) in [5.74, 6) is 0.527. The molecule has 0 radical (unpaired) electrons. The molecule has 22 heavy (non-hydrogen) atoms. The number of hydrogen-bond donors (Lipinski definition) is 1. The summed E-state index contributed by atoms with van der Waals surface area (Å²) < 4.78 is 7.39. The maximum absolute atomic E-state index is 6.22. The molecular formula is C18H20BrNOS. The average Bonchev–Trinajstić information content (AvgIpc) is 3.00. The zero-order chi connectivity index (χ0) is 15.1. The van der Waals surface area contributed by atoms with E-state index in [4.69, 9.17) is 4.74 Å². The van der Waals surface area contributed by atoms with Crippen molar-refractivity contribution < 1.29 is 4.74 Å². The molecule has 0 amide bonds. The fourth-order valence-electron chi connectivity index (χ4n) is 3.71. The number of anilines is 1. The Kier molecular flexibility index (Phi) is 4.01. The quantitative estimate of drug-likeness (QED) is 0.723. The van der Waals surface area contributed by atoms with Crippen molar-refractivity contribution in [3.8, 4) is 0 Å². The molecule has 1 unspecified atom stereocenters. The van der Waals surface area contributed by atoms with Gasteiger partial charge in [-0.2, -0.15) is 0 Å². The molecular weight excluding hydrogens is 358 g/mol. The molecule has 1 aromatic heterocycles. The summed E-state index contributed by atoms with van der Waals surface area (Å²) in [6, 6.07) is 9.42. The van der Waals surface area contributed by atoms with Gasteiger partial charge in [0.05, 0.1) is 12.1 Å². The van der Waals surface area contributed by atoms with Gasteiger partial charge in [0.2, 0.25) is 0 Å². The number of fused-ring (bicyclic) bond motifs is 3. The fraction of sp³-hybridized carbons (Fsp3) is 0.444. The van der Waals surface area contributed by atoms with Crippen LogP contribution in [-0.4, -0.2) is 6.61 Å². The predicted octanol–water partition coefficient (Wildman–Crippen LogP) is 5.71. The second-order valence-corrected chi connectivity index (χ2v) is 8.02. The summed E-state index contributed by atoms with van der Waals surface area (Å²) in [7, 11) is 0. The van der Waals surface area contributed by atoms with E-state index in [1.54, 1.807) is 0 Å². The zero-order valence-electron chi connectivity index (χ0n) is 12.6. The van der Waals surface area contributed by atoms with Gasteiger partial charge in [-0.05, 0) is 52.9 Å². The molecule has 4 rings (SSSR count). The van der Waals surface area contributed by atoms with Crippen LogP contribution in [0.3, 0.4) is 0 Å². The number of rotatable bonds is 2. The van der Waals surface area contributed by atoms with Crippen LogP contribution in [0, 0.1) is 5.92 Å². The van der Waals surface area contributed by atoms with Crippen molar-refractivity contribution in [1.82, 2.24) is 0 Å². The third-order valence-corrected chi connectivity index (χ3v) is 6.61. The molecule has 1 fully saturated rings. The number of ether oxygens (including phenoxy) is 1. The van der Waals surface area contributed by atoms with E-state index in [2.05, 4.69) is 57.8 Å². The fourth-order valence-corrected chi connectivity index (χ4v) is 5.28. The normalized spacial score (nSPS) is 26.9. The van der Waals surface area contributed by atoms with E-state index in [1.807, 2.05) is 11.3 Å². The van der Waals surface area contributed by atoms with Crippen LogP contribution in [-0.2, 0) is 11.2 Å². The molecule has 3 atom stereocenters. The summed E-state index contributed by atoms with van der Waals surface area (Å²) in [4.78, 5) is 1.40. The highest BCUT2D eigenvalue weighted by molar-refractivity contribution is 9.10. The second-order valence-electron chi connectivity index (χ2n) is 6.16. The summed E-state index contributed by atoms with van der Waals surface area (Å²) in [5, 5.41) is 5.96. The van der Waals surface area contributed by atoms with E-state index >= 15 is 0 Å². The Balaban J connectivity index is 1.76. The largest absolute Gasteiger partial charge is 0.377 e. The van der Waals surface area contributed by atoms with Crippen molar-refractivity contribution in [3.63, 3.8) is 0 Å². The molecule has 2 aromatic rings. The lowest BCUT2D eigenvalue weighted by Crippen LogP contribution is -2.35. The first-order chi connectivity index (χ1) is 10.8. The second kappa shape index (κ2) is 5.99. The van der Waals surface area contributed by atoms with Gasteiger partial charge in [-0.25, -0.2) is 0 Å². The van der Waals surface area contributed by atoms with Gasteiger partial charge < -0.3 is 10.1 Å². The summed E-state index contributed by atoms with van der Waals surface area (Å²) in [6.07, 6.45) is 3.70. The average molecular weight is 378 g/mol. The minimum Gasteiger partial charge on any atom is -0.377 e. The molecule has 2 aliphatic heterocycles. The topological polar surface area (TPSA) is 21.3 Å². The molecule has 4 heteroatoms. The first-order valence-electron chi connectivity index (χ1n) is 8.01. The van der Waals surface area contributed by atoms with Crippen molar-refractivity contribution in [3.05, 3.63) is 50.1 Å². The van der Waals surface area contributed by atoms with Gasteiger partial charge in [0.1, 0.15) is 0 Å². The third kappa shape index (κ3) is 2.51. The highest BCUT2D eigenvalue weighted by Gasteiger charge is 2.40. The van der Waals surface area contributed by atoms with Gasteiger partial charge in [-0.3, -0.25) is 0 Å². The number of nitrogens with one attached hydrogen (secondary N) is 1. The first kappa shape index (κ1) is 14.7. The number of aryl methyl sites for hydroxylation is 1. The lowest BCUT2D eigenvalue weighted by molar-refractivity contribution is -0.0378. The third-order valence-electron chi connectivity index (χ3n) is 4.83. The minimum absolute atomic E-state index is 0.238. The number of hydrogen-bond acceptors (Lipinski definition) is 3. The standard InChI is InChI=1S/C18H20BrNOS/c1-2-11-5-6-15-14(8-11)18-13(4-3-7-21-18)17(20-15)16-9-12(19)10-22-16/h5-6,8-10,13,17-18,20H,2-4,7H2,1H3/t13-,17?,18-/m0/s1. The monoisotopic (exact) mass is 377 g/mol. The lowest BCUT2D eigenvalue weighted by atomic mass is 9.79. The Morgan fingerprint density at radius 2 is 2.27 bits per heavy atom. The van der Waals surface area contributed by atoms with Crippen LogP contribution in [0.25, 0.3) is 0 Å². The molecule has 2 aliphatic rings. The van der Waals surface area contributed by atoms with Crippen molar-refractivity contribution in [2.75, 3.05) is 11.9 Å². The summed E-state index contributed by atoms with van der Waals surface area (Å²) in [6.45, 7) is 3.10. The minimum atomic E-state index is 0.238. The Hall–Kier alpha value is -0.840. The van der Waals surface area contributed by atoms with Gasteiger partial charge in [-0.1, -0.05) is 19.1 Å². The molecule has 0 saturated carbocycles. The molecule has 116 valence electrons. The smallest absolute Gasteiger partial charge is 0.0896 e. The van der Waals surface area contributed by atoms with Crippen molar-refractivity contribution in [2.45, 2.75) is 38.3 Å². The van der Waals surface area contributed by atoms with E-state index in [1.165, 1.54) is 32.6 Å². The first-order valence-corrected chi connectivity index (χ1v) is 9.68. The summed E-state index contributed by atoms with van der Waals surface area (Å²) in [5.41, 5.74) is 4.00. The Morgan fingerprint density at radius 1 is 1.36 bits per heavy atom. The van der Waals surface area contributed by atoms with Crippen molar-refractivity contribution >= 4 is 33.0 Å². The number of halogens is 1. The van der Waals surface area contributed by atoms with Crippen molar-refractivity contribution in [2.24, 2.45) is 5.92 Å². The van der Waals surface area contributed by atoms with Gasteiger partial charge in [-0.15, -0.1) is 11.3 Å². The number of benzene rings is 1. The molecule has 1 saturated heterocycles. The lowest BCUT2D eigenvalue weighted by Gasteiger charge is -2.43. The van der Waals surface area contributed by atoms with Crippen LogP contribution in [0.1, 0.15) is 47.9 Å². The van der Waals surface area contributed by atoms with Gasteiger partial charge >= 0.3 is 0 Å². The molecule has 1 N–H and O–H groups in total. The van der Waals surface area contributed by atoms with E-state index in [0.29, 0.717) is 12.0 Å². The zero-order valence-corrected chi connectivity index (χ0v) is 15.0. The molecule has 0 bridgehead atoms. The number of thiophene rings is 1. The van der Waals surface area contributed by atoms with Crippen LogP contribution in [0.2, 0.25) is 0 Å². The van der Waals surface area contributed by atoms with E-state index in [-0.39, 0.29) is 6.10 Å². The van der Waals surface area contributed by atoms with E-state index in [9.17, 15) is 0 Å². The Bertz CT molecular complexity index is 683. The van der Waals surface area contributed by atoms with Gasteiger partial charge in [0.15, 0.2) is 0 Å². The molecule has 0 spiro atoms. The van der Waals surface area contributed by atoms with Crippen LogP contribution in [0.5, 0.6) is 0 Å². The van der Waals surface area contributed by atoms with Crippen LogP contribution in [0.15, 0.2) is 34.1 Å². The Morgan fingerprint density at radius 3 is 3.05 bits per heavy atom. The van der Waals surface area contributed by atoms with Gasteiger partial charge in [0.25, 0.3) is 0 Å². The predicted molar refractivity (Wildman–Crippen MR) is 95.6 cm³/mol. The molecule has 0 aliphatic carbocycles. The molecule has 1 aromatic carbocycles. The van der Waals surface area contributed by atoms with Crippen molar-refractivity contribution in [1.29, 1.82) is 0 Å². The van der Waals surface area contributed by atoms with E-state index in [0.717, 1.165) is 19.4 Å².